The molecule has 0 bridgehead atoms. The molecule has 1 aliphatic rings. The Bertz CT molecular complexity index is 1200. The number of rotatable bonds is 6. The molecule has 7 nitrogen and oxygen atoms in total. The maximum atomic E-state index is 13.0. The van der Waals surface area contributed by atoms with Gasteiger partial charge in [0.05, 0.1) is 11.7 Å². The number of halogens is 2. The lowest BCUT2D eigenvalue weighted by atomic mass is 9.99. The number of benzene rings is 2. The molecule has 0 saturated carbocycles. The van der Waals surface area contributed by atoms with Crippen molar-refractivity contribution >= 4 is 55.6 Å². The van der Waals surface area contributed by atoms with Gasteiger partial charge >= 0.3 is 0 Å². The molecule has 1 amide bonds. The number of anilines is 1. The van der Waals surface area contributed by atoms with Gasteiger partial charge in [0.2, 0.25) is 21.1 Å². The Morgan fingerprint density at radius 2 is 1.81 bits per heavy atom. The van der Waals surface area contributed by atoms with Crippen LogP contribution in [0.2, 0.25) is 10.0 Å². The molecule has 1 atom stereocenters. The van der Waals surface area contributed by atoms with Crippen molar-refractivity contribution < 1.29 is 13.2 Å². The molecule has 1 aromatic heterocycles. The van der Waals surface area contributed by atoms with E-state index in [-0.39, 0.29) is 18.2 Å². The lowest BCUT2D eigenvalue weighted by Gasteiger charge is -2.31. The molecular formula is C21H20Cl2N4O3S2. The summed E-state index contributed by atoms with van der Waals surface area (Å²) >= 11 is 13.6. The van der Waals surface area contributed by atoms with Gasteiger partial charge in [0, 0.05) is 34.3 Å². The molecule has 0 aliphatic carbocycles. The highest BCUT2D eigenvalue weighted by atomic mass is 35.5. The number of aromatic nitrogens is 2. The predicted molar refractivity (Wildman–Crippen MR) is 127 cm³/mol. The van der Waals surface area contributed by atoms with Crippen LogP contribution in [0.15, 0.2) is 48.5 Å². The van der Waals surface area contributed by atoms with Crippen LogP contribution < -0.4 is 5.32 Å². The second kappa shape index (κ2) is 9.84. The summed E-state index contributed by atoms with van der Waals surface area (Å²) in [5.41, 5.74) is 1.28. The molecule has 2 aromatic carbocycles. The third-order valence-electron chi connectivity index (χ3n) is 5.21. The van der Waals surface area contributed by atoms with Crippen LogP contribution >= 0.6 is 34.5 Å². The van der Waals surface area contributed by atoms with Crippen LogP contribution in [0.3, 0.4) is 0 Å². The van der Waals surface area contributed by atoms with Crippen LogP contribution in [0.1, 0.15) is 18.4 Å². The van der Waals surface area contributed by atoms with E-state index in [1.54, 1.807) is 18.2 Å². The quantitative estimate of drug-likeness (QED) is 0.518. The van der Waals surface area contributed by atoms with Crippen molar-refractivity contribution in [2.75, 3.05) is 18.4 Å². The summed E-state index contributed by atoms with van der Waals surface area (Å²) in [4.78, 5) is 12.8. The molecule has 2 heterocycles. The van der Waals surface area contributed by atoms with E-state index in [9.17, 15) is 13.2 Å². The topological polar surface area (TPSA) is 92.3 Å². The third kappa shape index (κ3) is 5.29. The number of hydrogen-bond donors (Lipinski definition) is 1. The van der Waals surface area contributed by atoms with Crippen molar-refractivity contribution in [1.29, 1.82) is 0 Å². The fourth-order valence-corrected chi connectivity index (χ4v) is 6.65. The van der Waals surface area contributed by atoms with Gasteiger partial charge in [-0.15, -0.1) is 10.2 Å². The molecule has 1 fully saturated rings. The van der Waals surface area contributed by atoms with Crippen LogP contribution in [-0.2, 0) is 20.6 Å². The zero-order valence-corrected chi connectivity index (χ0v) is 20.0. The number of carbonyl (C=O) groups excluding carboxylic acids is 1. The highest BCUT2D eigenvalue weighted by Gasteiger charge is 2.33. The predicted octanol–water partition coefficient (Wildman–Crippen LogP) is 4.69. The highest BCUT2D eigenvalue weighted by Crippen LogP contribution is 2.30. The summed E-state index contributed by atoms with van der Waals surface area (Å²) in [7, 11) is -3.69. The van der Waals surface area contributed by atoms with Crippen molar-refractivity contribution in [2.45, 2.75) is 18.6 Å². The molecular weight excluding hydrogens is 491 g/mol. The van der Waals surface area contributed by atoms with Crippen LogP contribution in [0.4, 0.5) is 5.13 Å². The second-order valence-corrected chi connectivity index (χ2v) is 11.2. The lowest BCUT2D eigenvalue weighted by molar-refractivity contribution is -0.120. The van der Waals surface area contributed by atoms with Gasteiger partial charge in [-0.2, -0.15) is 0 Å². The van der Waals surface area contributed by atoms with Crippen LogP contribution in [0, 0.1) is 5.92 Å². The summed E-state index contributed by atoms with van der Waals surface area (Å²) in [5, 5.41) is 12.6. The van der Waals surface area contributed by atoms with E-state index in [0.29, 0.717) is 45.1 Å². The molecule has 0 radical (unpaired) electrons. The minimum Gasteiger partial charge on any atom is -0.300 e. The summed E-state index contributed by atoms with van der Waals surface area (Å²) in [6, 6.07) is 14.4. The highest BCUT2D eigenvalue weighted by molar-refractivity contribution is 7.88. The molecule has 1 saturated heterocycles. The fourth-order valence-electron chi connectivity index (χ4n) is 3.53. The van der Waals surface area contributed by atoms with Crippen molar-refractivity contribution in [3.8, 4) is 10.6 Å². The molecule has 168 valence electrons. The second-order valence-electron chi connectivity index (χ2n) is 7.42. The number of hydrogen-bond acceptors (Lipinski definition) is 6. The van der Waals surface area contributed by atoms with E-state index in [0.717, 1.165) is 5.56 Å². The smallest absolute Gasteiger partial charge is 0.230 e. The standard InChI is InChI=1S/C21H20Cl2N4O3S2/c22-17-9-4-10-18(23)16(17)13-32(29,30)27-11-5-8-15(12-27)19(28)24-21-26-25-20(31-21)14-6-2-1-3-7-14/h1-4,6-7,9-10,15H,5,8,11-13H2,(H,24,26,28)/t15-/m1/s1. The van der Waals surface area contributed by atoms with Gasteiger partial charge < -0.3 is 5.32 Å². The van der Waals surface area contributed by atoms with E-state index in [1.165, 1.54) is 15.6 Å². The van der Waals surface area contributed by atoms with Gasteiger partial charge in [-0.05, 0) is 25.0 Å². The summed E-state index contributed by atoms with van der Waals surface area (Å²) in [6.07, 6.45) is 1.17. The summed E-state index contributed by atoms with van der Waals surface area (Å²) in [5.74, 6) is -1.06. The number of piperidine rings is 1. The first kappa shape index (κ1) is 23.1. The van der Waals surface area contributed by atoms with Gasteiger partial charge in [-0.1, -0.05) is 70.9 Å². The first-order chi connectivity index (χ1) is 15.3. The number of nitrogens with one attached hydrogen (secondary N) is 1. The Kier molecular flexibility index (Phi) is 7.11. The maximum Gasteiger partial charge on any atom is 0.230 e. The fraction of sp³-hybridized carbons (Fsp3) is 0.286. The molecule has 11 heteroatoms. The van der Waals surface area contributed by atoms with E-state index in [4.69, 9.17) is 23.2 Å². The zero-order chi connectivity index (χ0) is 22.7. The van der Waals surface area contributed by atoms with E-state index in [2.05, 4.69) is 15.5 Å². The number of nitrogens with zero attached hydrogens (tertiary/aromatic N) is 3. The molecule has 0 spiro atoms. The Hall–Kier alpha value is -2.04. The van der Waals surface area contributed by atoms with Gasteiger partial charge in [-0.25, -0.2) is 12.7 Å². The number of sulfonamides is 1. The largest absolute Gasteiger partial charge is 0.300 e. The van der Waals surface area contributed by atoms with E-state index < -0.39 is 15.9 Å². The average molecular weight is 511 g/mol. The van der Waals surface area contributed by atoms with E-state index in [1.807, 2.05) is 30.3 Å². The van der Waals surface area contributed by atoms with Gasteiger partial charge in [0.1, 0.15) is 5.01 Å². The minimum absolute atomic E-state index is 0.0978. The SMILES string of the molecule is O=C(Nc1nnc(-c2ccccc2)s1)[C@@H]1CCCN(S(=O)(=O)Cc2c(Cl)cccc2Cl)C1. The maximum absolute atomic E-state index is 13.0. The van der Waals surface area contributed by atoms with Crippen molar-refractivity contribution in [3.05, 3.63) is 64.1 Å². The molecule has 3 aromatic rings. The van der Waals surface area contributed by atoms with E-state index >= 15 is 0 Å². The molecule has 32 heavy (non-hydrogen) atoms. The molecule has 0 unspecified atom stereocenters. The monoisotopic (exact) mass is 510 g/mol. The normalized spacial score (nSPS) is 17.2. The van der Waals surface area contributed by atoms with Crippen molar-refractivity contribution in [2.24, 2.45) is 5.92 Å². The van der Waals surface area contributed by atoms with Gasteiger partial charge in [0.15, 0.2) is 0 Å². The lowest BCUT2D eigenvalue weighted by Crippen LogP contribution is -2.44. The Labute approximate surface area is 200 Å². The average Bonchev–Trinajstić information content (AvgIpc) is 3.25. The molecule has 4 rings (SSSR count). The zero-order valence-electron chi connectivity index (χ0n) is 16.9. The first-order valence-corrected chi connectivity index (χ1v) is 13.1. The third-order valence-corrected chi connectivity index (χ3v) is 8.58. The Morgan fingerprint density at radius 3 is 2.53 bits per heavy atom. The van der Waals surface area contributed by atoms with Crippen molar-refractivity contribution in [3.63, 3.8) is 0 Å². The Morgan fingerprint density at radius 1 is 1.09 bits per heavy atom. The van der Waals surface area contributed by atoms with Crippen molar-refractivity contribution in [1.82, 2.24) is 14.5 Å². The number of carbonyl (C=O) groups is 1. The summed E-state index contributed by atoms with van der Waals surface area (Å²) in [6.45, 7) is 0.450. The van der Waals surface area contributed by atoms with Crippen LogP contribution in [0.5, 0.6) is 0 Å². The van der Waals surface area contributed by atoms with Crippen LogP contribution in [0.25, 0.3) is 10.6 Å². The molecule has 1 N–H and O–H groups in total. The van der Waals surface area contributed by atoms with Gasteiger partial charge in [0.25, 0.3) is 0 Å². The first-order valence-electron chi connectivity index (χ1n) is 9.94. The Balaban J connectivity index is 1.42. The van der Waals surface area contributed by atoms with Gasteiger partial charge in [-0.3, -0.25) is 4.79 Å². The summed E-state index contributed by atoms with van der Waals surface area (Å²) < 4.78 is 27.3. The van der Waals surface area contributed by atoms with Crippen LogP contribution in [-0.4, -0.2) is 41.9 Å². The number of amides is 1. The molecule has 1 aliphatic heterocycles. The minimum atomic E-state index is -3.69.